The number of halogens is 1. The first kappa shape index (κ1) is 14.5. The van der Waals surface area contributed by atoms with Crippen LogP contribution in [-0.4, -0.2) is 16.7 Å². The van der Waals surface area contributed by atoms with Gasteiger partial charge in [0.15, 0.2) is 0 Å². The maximum Gasteiger partial charge on any atom is 0.0940 e. The summed E-state index contributed by atoms with van der Waals surface area (Å²) >= 11 is 5.92. The Hall–Kier alpha value is -0.570. The lowest BCUT2D eigenvalue weighted by molar-refractivity contribution is 0.118. The van der Waals surface area contributed by atoms with Crippen molar-refractivity contribution in [1.82, 2.24) is 5.32 Å². The maximum atomic E-state index is 10.3. The third kappa shape index (κ3) is 4.30. The molecule has 0 unspecified atom stereocenters. The van der Waals surface area contributed by atoms with E-state index in [0.717, 1.165) is 12.0 Å². The minimum absolute atomic E-state index is 0.0107. The van der Waals surface area contributed by atoms with Gasteiger partial charge >= 0.3 is 0 Å². The van der Waals surface area contributed by atoms with Crippen molar-refractivity contribution < 1.29 is 5.11 Å². The van der Waals surface area contributed by atoms with Gasteiger partial charge in [0.1, 0.15) is 0 Å². The van der Waals surface area contributed by atoms with Crippen LogP contribution < -0.4 is 5.32 Å². The molecule has 0 aromatic heterocycles. The molecule has 0 bridgehead atoms. The number of benzene rings is 1. The summed E-state index contributed by atoms with van der Waals surface area (Å²) in [6.07, 6.45) is 0.471. The molecule has 0 aliphatic rings. The Morgan fingerprint density at radius 1 is 1.41 bits per heavy atom. The van der Waals surface area contributed by atoms with Crippen LogP contribution in [0, 0.1) is 0 Å². The lowest BCUT2D eigenvalue weighted by atomic mass is 9.97. The smallest absolute Gasteiger partial charge is 0.0940 e. The van der Waals surface area contributed by atoms with E-state index < -0.39 is 6.10 Å². The normalized spacial score (nSPS) is 15.6. The molecule has 0 amide bonds. The number of rotatable bonds is 5. The number of aliphatic hydroxyl groups is 1. The molecule has 2 atom stereocenters. The third-order valence-electron chi connectivity index (χ3n) is 3.17. The molecule has 2 N–H and O–H groups in total. The Bertz CT molecular complexity index is 365. The highest BCUT2D eigenvalue weighted by atomic mass is 35.5. The van der Waals surface area contributed by atoms with Gasteiger partial charge in [0.2, 0.25) is 0 Å². The largest absolute Gasteiger partial charge is 0.387 e. The fraction of sp³-hybridized carbons (Fsp3) is 0.571. The van der Waals surface area contributed by atoms with E-state index in [1.54, 1.807) is 0 Å². The van der Waals surface area contributed by atoms with Crippen LogP contribution in [0.3, 0.4) is 0 Å². The zero-order chi connectivity index (χ0) is 13.1. The Balaban J connectivity index is 2.73. The molecule has 0 aliphatic carbocycles. The average Bonchev–Trinajstić information content (AvgIpc) is 2.27. The van der Waals surface area contributed by atoms with Gasteiger partial charge in [-0.3, -0.25) is 0 Å². The predicted octanol–water partition coefficient (Wildman–Crippen LogP) is 3.54. The summed E-state index contributed by atoms with van der Waals surface area (Å²) in [4.78, 5) is 0. The summed E-state index contributed by atoms with van der Waals surface area (Å²) in [6.45, 7) is 8.39. The van der Waals surface area contributed by atoms with Crippen LogP contribution in [0.4, 0.5) is 0 Å². The molecule has 0 spiro atoms. The van der Waals surface area contributed by atoms with Crippen LogP contribution in [0.15, 0.2) is 24.3 Å². The Labute approximate surface area is 109 Å². The van der Waals surface area contributed by atoms with E-state index in [9.17, 15) is 5.11 Å². The molecule has 3 heteroatoms. The summed E-state index contributed by atoms with van der Waals surface area (Å²) in [5, 5.41) is 14.3. The lowest BCUT2D eigenvalue weighted by Gasteiger charge is -2.31. The monoisotopic (exact) mass is 255 g/mol. The molecule has 0 radical (unpaired) electrons. The molecule has 0 heterocycles. The van der Waals surface area contributed by atoms with Gasteiger partial charge in [-0.05, 0) is 44.9 Å². The van der Waals surface area contributed by atoms with Gasteiger partial charge in [-0.1, -0.05) is 30.7 Å². The second-order valence-corrected chi connectivity index (χ2v) is 5.61. The Morgan fingerprint density at radius 3 is 2.59 bits per heavy atom. The zero-order valence-corrected chi connectivity index (χ0v) is 11.8. The van der Waals surface area contributed by atoms with Crippen molar-refractivity contribution >= 4 is 11.6 Å². The minimum Gasteiger partial charge on any atom is -0.387 e. The fourth-order valence-corrected chi connectivity index (χ4v) is 1.98. The number of hydrogen-bond acceptors (Lipinski definition) is 2. The van der Waals surface area contributed by atoms with Crippen molar-refractivity contribution in [2.45, 2.75) is 51.8 Å². The highest BCUT2D eigenvalue weighted by Crippen LogP contribution is 2.22. The van der Waals surface area contributed by atoms with Crippen molar-refractivity contribution in [3.05, 3.63) is 34.9 Å². The van der Waals surface area contributed by atoms with Crippen molar-refractivity contribution in [2.75, 3.05) is 0 Å². The van der Waals surface area contributed by atoms with E-state index in [0.29, 0.717) is 5.02 Å². The van der Waals surface area contributed by atoms with E-state index >= 15 is 0 Å². The quantitative estimate of drug-likeness (QED) is 0.844. The molecule has 0 aliphatic heterocycles. The first-order chi connectivity index (χ1) is 7.85. The number of hydrogen-bond donors (Lipinski definition) is 2. The van der Waals surface area contributed by atoms with Gasteiger partial charge in [0.05, 0.1) is 6.10 Å². The summed E-state index contributed by atoms with van der Waals surface area (Å²) < 4.78 is 0. The Kier molecular flexibility index (Phi) is 4.99. The van der Waals surface area contributed by atoms with Crippen LogP contribution >= 0.6 is 11.6 Å². The van der Waals surface area contributed by atoms with Crippen molar-refractivity contribution in [3.63, 3.8) is 0 Å². The molecule has 1 aromatic rings. The molecule has 96 valence electrons. The van der Waals surface area contributed by atoms with Crippen LogP contribution in [0.2, 0.25) is 5.02 Å². The van der Waals surface area contributed by atoms with Gasteiger partial charge in [0.25, 0.3) is 0 Å². The topological polar surface area (TPSA) is 32.3 Å². The molecule has 0 fully saturated rings. The van der Waals surface area contributed by atoms with Gasteiger partial charge < -0.3 is 10.4 Å². The second kappa shape index (κ2) is 5.85. The summed E-state index contributed by atoms with van der Waals surface area (Å²) in [6, 6.07) is 7.37. The first-order valence-corrected chi connectivity index (χ1v) is 6.45. The first-order valence-electron chi connectivity index (χ1n) is 6.07. The van der Waals surface area contributed by atoms with Crippen LogP contribution in [0.1, 0.15) is 45.8 Å². The molecule has 0 saturated carbocycles. The van der Waals surface area contributed by atoms with Crippen LogP contribution in [0.5, 0.6) is 0 Å². The summed E-state index contributed by atoms with van der Waals surface area (Å²) in [5.41, 5.74) is 0.878. The molecular formula is C14H22ClNO. The van der Waals surface area contributed by atoms with Gasteiger partial charge in [0, 0.05) is 16.6 Å². The van der Waals surface area contributed by atoms with Gasteiger partial charge in [-0.2, -0.15) is 0 Å². The number of aliphatic hydroxyl groups excluding tert-OH is 1. The van der Waals surface area contributed by atoms with E-state index in [-0.39, 0.29) is 11.6 Å². The average molecular weight is 256 g/mol. The van der Waals surface area contributed by atoms with Crippen LogP contribution in [-0.2, 0) is 0 Å². The SMILES string of the molecule is CCC(C)(C)N[C@H](C)[C@H](O)c1cccc(Cl)c1. The van der Waals surface area contributed by atoms with E-state index in [2.05, 4.69) is 26.1 Å². The molecule has 1 aromatic carbocycles. The molecular weight excluding hydrogens is 234 g/mol. The highest BCUT2D eigenvalue weighted by molar-refractivity contribution is 6.30. The van der Waals surface area contributed by atoms with Crippen molar-refractivity contribution in [2.24, 2.45) is 0 Å². The molecule has 2 nitrogen and oxygen atoms in total. The molecule has 0 saturated heterocycles. The van der Waals surface area contributed by atoms with Crippen LogP contribution in [0.25, 0.3) is 0 Å². The van der Waals surface area contributed by atoms with E-state index in [1.165, 1.54) is 0 Å². The minimum atomic E-state index is -0.542. The van der Waals surface area contributed by atoms with E-state index in [1.807, 2.05) is 31.2 Å². The summed E-state index contributed by atoms with van der Waals surface area (Å²) in [5.74, 6) is 0. The van der Waals surface area contributed by atoms with E-state index in [4.69, 9.17) is 11.6 Å². The molecule has 1 rings (SSSR count). The molecule has 17 heavy (non-hydrogen) atoms. The standard InChI is InChI=1S/C14H22ClNO/c1-5-14(3,4)16-10(2)13(17)11-7-6-8-12(15)9-11/h6-10,13,16-17H,5H2,1-4H3/t10-,13+/m1/s1. The van der Waals surface area contributed by atoms with Gasteiger partial charge in [-0.15, -0.1) is 0 Å². The summed E-state index contributed by atoms with van der Waals surface area (Å²) in [7, 11) is 0. The highest BCUT2D eigenvalue weighted by Gasteiger charge is 2.23. The predicted molar refractivity (Wildman–Crippen MR) is 73.4 cm³/mol. The van der Waals surface area contributed by atoms with Crippen molar-refractivity contribution in [3.8, 4) is 0 Å². The maximum absolute atomic E-state index is 10.3. The van der Waals surface area contributed by atoms with Crippen molar-refractivity contribution in [1.29, 1.82) is 0 Å². The fourth-order valence-electron chi connectivity index (χ4n) is 1.78. The zero-order valence-electron chi connectivity index (χ0n) is 11.0. The third-order valence-corrected chi connectivity index (χ3v) is 3.40. The Morgan fingerprint density at radius 2 is 2.06 bits per heavy atom. The lowest BCUT2D eigenvalue weighted by Crippen LogP contribution is -2.46. The second-order valence-electron chi connectivity index (χ2n) is 5.17. The van der Waals surface area contributed by atoms with Gasteiger partial charge in [-0.25, -0.2) is 0 Å². The number of nitrogens with one attached hydrogen (secondary N) is 1.